The van der Waals surface area contributed by atoms with Gasteiger partial charge in [0.2, 0.25) is 0 Å². The van der Waals surface area contributed by atoms with E-state index in [1.54, 1.807) is 0 Å². The normalized spacial score (nSPS) is 29.7. The average Bonchev–Trinajstić information content (AvgIpc) is 2.14. The fraction of sp³-hybridized carbons (Fsp3) is 0.875. The van der Waals surface area contributed by atoms with Crippen molar-refractivity contribution in [2.75, 3.05) is 13.2 Å². The first-order chi connectivity index (χ1) is 6.68. The lowest BCUT2D eigenvalue weighted by Gasteiger charge is -2.50. The molecule has 1 aliphatic carbocycles. The van der Waals surface area contributed by atoms with Crippen LogP contribution in [0.25, 0.3) is 0 Å². The molecule has 78 valence electrons. The highest BCUT2D eigenvalue weighted by Crippen LogP contribution is 2.40. The molecular formula is C8H12N2O4. The molecule has 2 rings (SSSR count). The smallest absolute Gasteiger partial charge is 0.334 e. The van der Waals surface area contributed by atoms with Crippen molar-refractivity contribution in [1.82, 2.24) is 5.01 Å². The lowest BCUT2D eigenvalue weighted by atomic mass is 9.76. The Kier molecular flexibility index (Phi) is 2.14. The van der Waals surface area contributed by atoms with Crippen LogP contribution in [0.5, 0.6) is 0 Å². The Morgan fingerprint density at radius 2 is 2.29 bits per heavy atom. The summed E-state index contributed by atoms with van der Waals surface area (Å²) in [7, 11) is 0. The lowest BCUT2D eigenvalue weighted by molar-refractivity contribution is -0.177. The summed E-state index contributed by atoms with van der Waals surface area (Å²) in [6, 6.07) is 0. The van der Waals surface area contributed by atoms with Gasteiger partial charge in [0.25, 0.3) is 0 Å². The van der Waals surface area contributed by atoms with Crippen molar-refractivity contribution < 1.29 is 14.6 Å². The monoisotopic (exact) mass is 200 g/mol. The molecule has 2 aliphatic rings. The first-order valence-corrected chi connectivity index (χ1v) is 4.63. The zero-order valence-electron chi connectivity index (χ0n) is 7.68. The Bertz CT molecular complexity index is 264. The fourth-order valence-corrected chi connectivity index (χ4v) is 1.99. The van der Waals surface area contributed by atoms with Gasteiger partial charge in [-0.1, -0.05) is 0 Å². The molecule has 1 atom stereocenters. The van der Waals surface area contributed by atoms with Gasteiger partial charge in [-0.25, -0.2) is 9.80 Å². The first-order valence-electron chi connectivity index (χ1n) is 4.63. The Labute approximate surface area is 80.8 Å². The van der Waals surface area contributed by atoms with Crippen LogP contribution in [0.15, 0.2) is 5.29 Å². The van der Waals surface area contributed by atoms with Gasteiger partial charge >= 0.3 is 5.97 Å². The molecule has 0 aromatic heterocycles. The molecule has 0 radical (unpaired) electrons. The molecule has 1 saturated carbocycles. The summed E-state index contributed by atoms with van der Waals surface area (Å²) in [4.78, 5) is 21.2. The summed E-state index contributed by atoms with van der Waals surface area (Å²) < 4.78 is 5.19. The van der Waals surface area contributed by atoms with Gasteiger partial charge in [-0.2, -0.15) is 0 Å². The number of ether oxygens (including phenoxy) is 1. The van der Waals surface area contributed by atoms with Gasteiger partial charge in [0.05, 0.1) is 24.0 Å². The highest BCUT2D eigenvalue weighted by atomic mass is 16.5. The van der Waals surface area contributed by atoms with E-state index in [4.69, 9.17) is 9.84 Å². The van der Waals surface area contributed by atoms with Crippen molar-refractivity contribution in [3.8, 4) is 0 Å². The van der Waals surface area contributed by atoms with Crippen molar-refractivity contribution in [3.63, 3.8) is 0 Å². The minimum Gasteiger partial charge on any atom is -0.479 e. The van der Waals surface area contributed by atoms with Crippen LogP contribution in [0, 0.1) is 4.91 Å². The second kappa shape index (κ2) is 3.20. The van der Waals surface area contributed by atoms with Crippen molar-refractivity contribution in [2.45, 2.75) is 30.9 Å². The zero-order valence-corrected chi connectivity index (χ0v) is 7.68. The van der Waals surface area contributed by atoms with Gasteiger partial charge in [0, 0.05) is 0 Å². The summed E-state index contributed by atoms with van der Waals surface area (Å²) in [6.45, 7) is 0.370. The van der Waals surface area contributed by atoms with E-state index in [1.165, 1.54) is 5.01 Å². The van der Waals surface area contributed by atoms with Crippen LogP contribution in [0.4, 0.5) is 0 Å². The Morgan fingerprint density at radius 1 is 1.57 bits per heavy atom. The first kappa shape index (κ1) is 9.39. The molecule has 0 bridgehead atoms. The maximum atomic E-state index is 10.6. The number of hydrogen-bond acceptors (Lipinski definition) is 4. The Morgan fingerprint density at radius 3 is 2.71 bits per heavy atom. The minimum atomic E-state index is -1.03. The van der Waals surface area contributed by atoms with Crippen LogP contribution < -0.4 is 0 Å². The standard InChI is InChI=1S/C8H12N2O4/c11-7(12)6-4-10(9-13)8(5-14-6)2-1-3-8/h6H,1-5H2,(H,11,12). The van der Waals surface area contributed by atoms with Crippen molar-refractivity contribution in [2.24, 2.45) is 5.29 Å². The SMILES string of the molecule is O=NN1CC(C(=O)O)OCC12CCC2. The number of nitroso groups, excluding NO2 is 1. The number of hydrogen-bond donors (Lipinski definition) is 1. The molecule has 6 heteroatoms. The number of carbonyl (C=O) groups is 1. The summed E-state index contributed by atoms with van der Waals surface area (Å²) in [6.07, 6.45) is 1.86. The Balaban J connectivity index is 2.06. The third kappa shape index (κ3) is 1.26. The van der Waals surface area contributed by atoms with Crippen molar-refractivity contribution in [3.05, 3.63) is 4.91 Å². The van der Waals surface area contributed by atoms with Gasteiger partial charge in [-0.05, 0) is 19.3 Å². The molecule has 1 aliphatic heterocycles. The van der Waals surface area contributed by atoms with Crippen molar-refractivity contribution in [1.29, 1.82) is 0 Å². The van der Waals surface area contributed by atoms with E-state index in [9.17, 15) is 9.70 Å². The maximum absolute atomic E-state index is 10.6. The van der Waals surface area contributed by atoms with Crippen LogP contribution >= 0.6 is 0 Å². The van der Waals surface area contributed by atoms with Crippen LogP contribution in [-0.4, -0.2) is 40.9 Å². The van der Waals surface area contributed by atoms with E-state index >= 15 is 0 Å². The number of morpholine rings is 1. The quantitative estimate of drug-likeness (QED) is 0.651. The third-order valence-electron chi connectivity index (χ3n) is 3.10. The zero-order chi connectivity index (χ0) is 10.2. The molecule has 1 heterocycles. The highest BCUT2D eigenvalue weighted by molar-refractivity contribution is 5.72. The van der Waals surface area contributed by atoms with Gasteiger partial charge in [0.1, 0.15) is 0 Å². The number of nitrogens with zero attached hydrogens (tertiary/aromatic N) is 2. The van der Waals surface area contributed by atoms with Gasteiger partial charge in [0.15, 0.2) is 6.10 Å². The molecule has 1 saturated heterocycles. The van der Waals surface area contributed by atoms with E-state index in [0.717, 1.165) is 19.3 Å². The van der Waals surface area contributed by atoms with E-state index in [0.29, 0.717) is 6.61 Å². The van der Waals surface area contributed by atoms with Crippen LogP contribution in [0.3, 0.4) is 0 Å². The molecule has 6 nitrogen and oxygen atoms in total. The summed E-state index contributed by atoms with van der Waals surface area (Å²) in [5, 5.41) is 13.0. The minimum absolute atomic E-state index is 0.0683. The summed E-state index contributed by atoms with van der Waals surface area (Å²) >= 11 is 0. The predicted octanol–water partition coefficient (Wildman–Crippen LogP) is 0.376. The number of aliphatic carboxylic acids is 1. The molecule has 2 fully saturated rings. The molecule has 0 aromatic rings. The predicted molar refractivity (Wildman–Crippen MR) is 46.5 cm³/mol. The van der Waals surface area contributed by atoms with Gasteiger partial charge in [-0.15, -0.1) is 4.91 Å². The topological polar surface area (TPSA) is 79.2 Å². The third-order valence-corrected chi connectivity index (χ3v) is 3.10. The molecule has 1 N–H and O–H groups in total. The summed E-state index contributed by atoms with van der Waals surface area (Å²) in [5.41, 5.74) is -0.298. The number of carboxylic acid groups (broad SMARTS) is 1. The molecule has 1 spiro atoms. The summed E-state index contributed by atoms with van der Waals surface area (Å²) in [5.74, 6) is -1.03. The van der Waals surface area contributed by atoms with E-state index in [2.05, 4.69) is 5.29 Å². The largest absolute Gasteiger partial charge is 0.479 e. The molecule has 0 amide bonds. The van der Waals surface area contributed by atoms with E-state index in [1.807, 2.05) is 0 Å². The van der Waals surface area contributed by atoms with E-state index < -0.39 is 12.1 Å². The van der Waals surface area contributed by atoms with Gasteiger partial charge < -0.3 is 9.84 Å². The van der Waals surface area contributed by atoms with E-state index in [-0.39, 0.29) is 12.1 Å². The average molecular weight is 200 g/mol. The van der Waals surface area contributed by atoms with Crippen LogP contribution in [0.2, 0.25) is 0 Å². The lowest BCUT2D eigenvalue weighted by Crippen LogP contribution is -2.61. The highest BCUT2D eigenvalue weighted by Gasteiger charge is 2.49. The maximum Gasteiger partial charge on any atom is 0.334 e. The van der Waals surface area contributed by atoms with Gasteiger partial charge in [-0.3, -0.25) is 0 Å². The number of carboxylic acids is 1. The van der Waals surface area contributed by atoms with Crippen LogP contribution in [0.1, 0.15) is 19.3 Å². The van der Waals surface area contributed by atoms with Crippen molar-refractivity contribution >= 4 is 5.97 Å². The van der Waals surface area contributed by atoms with Crippen LogP contribution in [-0.2, 0) is 9.53 Å². The molecule has 0 aromatic carbocycles. The second-order valence-electron chi connectivity index (χ2n) is 3.88. The molecule has 1 unspecified atom stereocenters. The number of rotatable bonds is 2. The fourth-order valence-electron chi connectivity index (χ4n) is 1.99. The second-order valence-corrected chi connectivity index (χ2v) is 3.88. The Hall–Kier alpha value is -1.17. The molecular weight excluding hydrogens is 188 g/mol. The molecule has 14 heavy (non-hydrogen) atoms.